The first kappa shape index (κ1) is 19.2. The molecule has 2 aliphatic heterocycles. The van der Waals surface area contributed by atoms with E-state index < -0.39 is 0 Å². The van der Waals surface area contributed by atoms with Crippen LogP contribution < -0.4 is 9.47 Å². The molecule has 1 fully saturated rings. The predicted octanol–water partition coefficient (Wildman–Crippen LogP) is 4.42. The molecule has 1 amide bonds. The molecule has 4 nitrogen and oxygen atoms in total. The Morgan fingerprint density at radius 2 is 1.79 bits per heavy atom. The van der Waals surface area contributed by atoms with Crippen LogP contribution in [-0.4, -0.2) is 42.4 Å². The Morgan fingerprint density at radius 1 is 1.07 bits per heavy atom. The van der Waals surface area contributed by atoms with Gasteiger partial charge in [0.15, 0.2) is 11.5 Å². The van der Waals surface area contributed by atoms with Crippen molar-refractivity contribution in [3.8, 4) is 11.5 Å². The largest absolute Gasteiger partial charge is 0.486 e. The van der Waals surface area contributed by atoms with Gasteiger partial charge in [0.2, 0.25) is 5.91 Å². The fourth-order valence-corrected chi connectivity index (χ4v) is 4.89. The Hall–Kier alpha value is -2.14. The highest BCUT2D eigenvalue weighted by Crippen LogP contribution is 2.36. The quantitative estimate of drug-likeness (QED) is 0.700. The van der Waals surface area contributed by atoms with Crippen molar-refractivity contribution in [1.82, 2.24) is 4.90 Å². The highest BCUT2D eigenvalue weighted by atomic mass is 32.2. The highest BCUT2D eigenvalue weighted by molar-refractivity contribution is 8.00. The summed E-state index contributed by atoms with van der Waals surface area (Å²) < 4.78 is 11.2. The summed E-state index contributed by atoms with van der Waals surface area (Å²) in [5.41, 5.74) is 1.40. The standard InChI is InChI=1S/C23H27NO3S/c1-17(28-20-7-8-21-22(16-20)27-14-13-26-21)23(25)24-11-9-19(10-12-24)15-18-5-3-2-4-6-18/h2-8,16-17,19H,9-15H2,1H3/t17-/m1/s1. The smallest absolute Gasteiger partial charge is 0.235 e. The number of thioether (sulfide) groups is 1. The van der Waals surface area contributed by atoms with Crippen LogP contribution in [0.1, 0.15) is 25.3 Å². The summed E-state index contributed by atoms with van der Waals surface area (Å²) >= 11 is 1.59. The summed E-state index contributed by atoms with van der Waals surface area (Å²) in [5.74, 6) is 2.47. The maximum absolute atomic E-state index is 12.9. The van der Waals surface area contributed by atoms with E-state index in [4.69, 9.17) is 9.47 Å². The van der Waals surface area contributed by atoms with E-state index in [0.29, 0.717) is 19.1 Å². The van der Waals surface area contributed by atoms with Crippen LogP contribution in [0.2, 0.25) is 0 Å². The van der Waals surface area contributed by atoms with Gasteiger partial charge in [0.25, 0.3) is 0 Å². The minimum atomic E-state index is -0.103. The number of benzene rings is 2. The highest BCUT2D eigenvalue weighted by Gasteiger charge is 2.27. The average molecular weight is 398 g/mol. The van der Waals surface area contributed by atoms with Gasteiger partial charge in [0, 0.05) is 18.0 Å². The molecule has 0 aliphatic carbocycles. The fraction of sp³-hybridized carbons (Fsp3) is 0.435. The zero-order chi connectivity index (χ0) is 19.3. The maximum atomic E-state index is 12.9. The molecular weight excluding hydrogens is 370 g/mol. The Labute approximate surface area is 171 Å². The summed E-state index contributed by atoms with van der Waals surface area (Å²) in [6.45, 7) is 4.90. The Kier molecular flexibility index (Phi) is 6.10. The number of amides is 1. The third-order valence-corrected chi connectivity index (χ3v) is 6.55. The lowest BCUT2D eigenvalue weighted by Crippen LogP contribution is -2.42. The predicted molar refractivity (Wildman–Crippen MR) is 112 cm³/mol. The number of carbonyl (C=O) groups excluding carboxylic acids is 1. The van der Waals surface area contributed by atoms with E-state index >= 15 is 0 Å². The monoisotopic (exact) mass is 397 g/mol. The first-order chi connectivity index (χ1) is 13.7. The van der Waals surface area contributed by atoms with Crippen molar-refractivity contribution in [2.45, 2.75) is 36.3 Å². The normalized spacial score (nSPS) is 18.0. The Balaban J connectivity index is 1.29. The van der Waals surface area contributed by atoms with Gasteiger partial charge < -0.3 is 14.4 Å². The second-order valence-electron chi connectivity index (χ2n) is 7.52. The summed E-state index contributed by atoms with van der Waals surface area (Å²) in [4.78, 5) is 16.0. The van der Waals surface area contributed by atoms with E-state index in [2.05, 4.69) is 30.3 Å². The molecule has 2 aliphatic rings. The van der Waals surface area contributed by atoms with Crippen LogP contribution in [0, 0.1) is 5.92 Å². The number of nitrogens with zero attached hydrogens (tertiary/aromatic N) is 1. The zero-order valence-electron chi connectivity index (χ0n) is 16.3. The Morgan fingerprint density at radius 3 is 2.54 bits per heavy atom. The van der Waals surface area contributed by atoms with Crippen molar-refractivity contribution >= 4 is 17.7 Å². The number of carbonyl (C=O) groups is 1. The van der Waals surface area contributed by atoms with Crippen molar-refractivity contribution in [3.05, 3.63) is 54.1 Å². The SMILES string of the molecule is C[C@@H](Sc1ccc2c(c1)OCCO2)C(=O)N1CCC(Cc2ccccc2)CC1. The summed E-state index contributed by atoms with van der Waals surface area (Å²) in [6, 6.07) is 16.6. The van der Waals surface area contributed by atoms with Crippen LogP contribution in [0.5, 0.6) is 11.5 Å². The number of hydrogen-bond acceptors (Lipinski definition) is 4. The average Bonchev–Trinajstić information content (AvgIpc) is 2.74. The molecule has 0 aromatic heterocycles. The topological polar surface area (TPSA) is 38.8 Å². The molecule has 2 aromatic rings. The van der Waals surface area contributed by atoms with E-state index in [0.717, 1.165) is 48.7 Å². The van der Waals surface area contributed by atoms with E-state index in [1.165, 1.54) is 5.56 Å². The van der Waals surface area contributed by atoms with Gasteiger partial charge in [-0.25, -0.2) is 0 Å². The van der Waals surface area contributed by atoms with Crippen LogP contribution in [0.3, 0.4) is 0 Å². The molecule has 1 saturated heterocycles. The molecule has 5 heteroatoms. The van der Waals surface area contributed by atoms with Gasteiger partial charge in [0.05, 0.1) is 5.25 Å². The van der Waals surface area contributed by atoms with Crippen molar-refractivity contribution in [2.75, 3.05) is 26.3 Å². The lowest BCUT2D eigenvalue weighted by molar-refractivity contribution is -0.131. The summed E-state index contributed by atoms with van der Waals surface area (Å²) in [6.07, 6.45) is 3.29. The molecule has 0 radical (unpaired) electrons. The van der Waals surface area contributed by atoms with E-state index in [1.54, 1.807) is 11.8 Å². The lowest BCUT2D eigenvalue weighted by Gasteiger charge is -2.33. The Bertz CT molecular complexity index is 803. The molecule has 2 aromatic carbocycles. The molecule has 0 N–H and O–H groups in total. The second kappa shape index (κ2) is 8.91. The molecule has 148 valence electrons. The maximum Gasteiger partial charge on any atom is 0.235 e. The molecule has 28 heavy (non-hydrogen) atoms. The van der Waals surface area contributed by atoms with E-state index in [-0.39, 0.29) is 11.2 Å². The number of piperidine rings is 1. The molecule has 1 atom stereocenters. The molecule has 0 spiro atoms. The number of likely N-dealkylation sites (tertiary alicyclic amines) is 1. The molecule has 0 unspecified atom stereocenters. The number of hydrogen-bond donors (Lipinski definition) is 0. The molecule has 4 rings (SSSR count). The van der Waals surface area contributed by atoms with Crippen LogP contribution in [-0.2, 0) is 11.2 Å². The molecule has 0 bridgehead atoms. The molecule has 2 heterocycles. The van der Waals surface area contributed by atoms with Crippen molar-refractivity contribution in [1.29, 1.82) is 0 Å². The van der Waals surface area contributed by atoms with Crippen molar-refractivity contribution in [2.24, 2.45) is 5.92 Å². The minimum absolute atomic E-state index is 0.103. The van der Waals surface area contributed by atoms with Crippen molar-refractivity contribution in [3.63, 3.8) is 0 Å². The molecular formula is C23H27NO3S. The second-order valence-corrected chi connectivity index (χ2v) is 8.94. The lowest BCUT2D eigenvalue weighted by atomic mass is 9.90. The van der Waals surface area contributed by atoms with Gasteiger partial charge in [-0.1, -0.05) is 30.3 Å². The summed E-state index contributed by atoms with van der Waals surface area (Å²) in [7, 11) is 0. The van der Waals surface area contributed by atoms with Gasteiger partial charge in [-0.15, -0.1) is 11.8 Å². The first-order valence-electron chi connectivity index (χ1n) is 10.1. The third-order valence-electron chi connectivity index (χ3n) is 5.47. The van der Waals surface area contributed by atoms with Gasteiger partial charge in [-0.2, -0.15) is 0 Å². The van der Waals surface area contributed by atoms with Crippen LogP contribution in [0.25, 0.3) is 0 Å². The van der Waals surface area contributed by atoms with Gasteiger partial charge in [-0.05, 0) is 55.9 Å². The van der Waals surface area contributed by atoms with E-state index in [1.807, 2.05) is 30.0 Å². The van der Waals surface area contributed by atoms with Crippen molar-refractivity contribution < 1.29 is 14.3 Å². The number of ether oxygens (including phenoxy) is 2. The van der Waals surface area contributed by atoms with Crippen LogP contribution in [0.15, 0.2) is 53.4 Å². The zero-order valence-corrected chi connectivity index (χ0v) is 17.1. The number of rotatable bonds is 5. The van der Waals surface area contributed by atoms with Gasteiger partial charge in [0.1, 0.15) is 13.2 Å². The number of fused-ring (bicyclic) bond motifs is 1. The van der Waals surface area contributed by atoms with E-state index in [9.17, 15) is 4.79 Å². The summed E-state index contributed by atoms with van der Waals surface area (Å²) in [5, 5.41) is -0.103. The third kappa shape index (κ3) is 4.64. The minimum Gasteiger partial charge on any atom is -0.486 e. The van der Waals surface area contributed by atoms with Crippen LogP contribution >= 0.6 is 11.8 Å². The van der Waals surface area contributed by atoms with Gasteiger partial charge >= 0.3 is 0 Å². The first-order valence-corrected chi connectivity index (χ1v) is 11.0. The van der Waals surface area contributed by atoms with Crippen LogP contribution in [0.4, 0.5) is 0 Å². The fourth-order valence-electron chi connectivity index (χ4n) is 3.91. The van der Waals surface area contributed by atoms with Gasteiger partial charge in [-0.3, -0.25) is 4.79 Å². The molecule has 0 saturated carbocycles.